The van der Waals surface area contributed by atoms with Crippen molar-refractivity contribution in [1.29, 1.82) is 0 Å². The molecule has 33 heavy (non-hydrogen) atoms. The summed E-state index contributed by atoms with van der Waals surface area (Å²) >= 11 is 0. The Balaban J connectivity index is 1.83. The van der Waals surface area contributed by atoms with Gasteiger partial charge in [-0.3, -0.25) is 4.79 Å². The Morgan fingerprint density at radius 2 is 1.67 bits per heavy atom. The van der Waals surface area contributed by atoms with Crippen LogP contribution >= 0.6 is 0 Å². The van der Waals surface area contributed by atoms with Crippen LogP contribution < -0.4 is 10.1 Å². The molecule has 1 atom stereocenters. The summed E-state index contributed by atoms with van der Waals surface area (Å²) in [5.74, 6) is -1.54. The molecule has 8 heteroatoms. The molecular formula is C25H24FNO6. The number of hydrogen-bond donors (Lipinski definition) is 3. The summed E-state index contributed by atoms with van der Waals surface area (Å²) in [6, 6.07) is 13.1. The van der Waals surface area contributed by atoms with Gasteiger partial charge in [-0.15, -0.1) is 0 Å². The van der Waals surface area contributed by atoms with Crippen molar-refractivity contribution in [3.63, 3.8) is 0 Å². The maximum Gasteiger partial charge on any atom is 0.397 e. The molecular weight excluding hydrogens is 429 g/mol. The highest BCUT2D eigenvalue weighted by molar-refractivity contribution is 6.37. The highest BCUT2D eigenvalue weighted by Gasteiger charge is 2.18. The molecule has 1 amide bonds. The van der Waals surface area contributed by atoms with Gasteiger partial charge >= 0.3 is 11.9 Å². The highest BCUT2D eigenvalue weighted by Crippen LogP contribution is 2.36. The monoisotopic (exact) mass is 453 g/mol. The molecule has 0 radical (unpaired) electrons. The van der Waals surface area contributed by atoms with Gasteiger partial charge in [0, 0.05) is 11.3 Å². The fourth-order valence-corrected chi connectivity index (χ4v) is 3.32. The summed E-state index contributed by atoms with van der Waals surface area (Å²) in [5, 5.41) is 23.4. The Kier molecular flexibility index (Phi) is 7.30. The first-order valence-electron chi connectivity index (χ1n) is 10.2. The number of hydrogen-bond acceptors (Lipinski definition) is 6. The average molecular weight is 453 g/mol. The standard InChI is InChI=1S/C25H24FNO6/c1-4-32-25(31)24(30)27-18-11-14(2)23(15(3)12-18)33-19-9-10-21(28)20(13-19)22(29)16-5-7-17(26)8-6-16/h5-13,22,28-29H,4H2,1-3H3,(H,27,30)/t22-/m1/s1. The summed E-state index contributed by atoms with van der Waals surface area (Å²) in [5.41, 5.74) is 2.39. The predicted octanol–water partition coefficient (Wildman–Crippen LogP) is 4.52. The Hall–Kier alpha value is -3.91. The summed E-state index contributed by atoms with van der Waals surface area (Å²) in [4.78, 5) is 23.4. The van der Waals surface area contributed by atoms with Crippen molar-refractivity contribution in [2.75, 3.05) is 11.9 Å². The van der Waals surface area contributed by atoms with Crippen LogP contribution in [0.1, 0.15) is 35.3 Å². The number of aryl methyl sites for hydroxylation is 2. The molecule has 0 fully saturated rings. The van der Waals surface area contributed by atoms with E-state index in [1.807, 2.05) is 0 Å². The van der Waals surface area contributed by atoms with E-state index in [1.54, 1.807) is 39.0 Å². The van der Waals surface area contributed by atoms with Crippen molar-refractivity contribution < 1.29 is 33.7 Å². The predicted molar refractivity (Wildman–Crippen MR) is 120 cm³/mol. The van der Waals surface area contributed by atoms with Gasteiger partial charge in [-0.05, 0) is 79.9 Å². The quantitative estimate of drug-likeness (QED) is 0.374. The van der Waals surface area contributed by atoms with Crippen molar-refractivity contribution >= 4 is 17.6 Å². The molecule has 0 aliphatic carbocycles. The molecule has 0 heterocycles. The summed E-state index contributed by atoms with van der Waals surface area (Å²) in [7, 11) is 0. The second kappa shape index (κ2) is 10.1. The van der Waals surface area contributed by atoms with Crippen molar-refractivity contribution in [2.45, 2.75) is 26.9 Å². The normalized spacial score (nSPS) is 11.5. The Bertz CT molecular complexity index is 1150. The minimum absolute atomic E-state index is 0.0988. The molecule has 0 saturated heterocycles. The first-order valence-corrected chi connectivity index (χ1v) is 10.2. The summed E-state index contributed by atoms with van der Waals surface area (Å²) in [6.07, 6.45) is -1.18. The SMILES string of the molecule is CCOC(=O)C(=O)Nc1cc(C)c(Oc2ccc(O)c([C@H](O)c3ccc(F)cc3)c2)c(C)c1. The van der Waals surface area contributed by atoms with Crippen LogP contribution in [0.5, 0.6) is 17.2 Å². The van der Waals surface area contributed by atoms with E-state index in [-0.39, 0.29) is 17.9 Å². The minimum atomic E-state index is -1.18. The maximum atomic E-state index is 13.2. The number of aliphatic hydroxyl groups excluding tert-OH is 1. The molecule has 0 aromatic heterocycles. The van der Waals surface area contributed by atoms with Crippen LogP contribution in [0.25, 0.3) is 0 Å². The Labute approximate surface area is 190 Å². The van der Waals surface area contributed by atoms with Crippen molar-refractivity contribution in [1.82, 2.24) is 0 Å². The average Bonchev–Trinajstić information content (AvgIpc) is 2.77. The number of esters is 1. The molecule has 3 aromatic rings. The number of phenolic OH excluding ortho intramolecular Hbond substituents is 1. The second-order valence-electron chi connectivity index (χ2n) is 7.39. The number of carbonyl (C=O) groups excluding carboxylic acids is 2. The number of carbonyl (C=O) groups is 2. The van der Waals surface area contributed by atoms with Crippen molar-refractivity contribution in [3.05, 3.63) is 82.7 Å². The molecule has 3 aromatic carbocycles. The lowest BCUT2D eigenvalue weighted by atomic mass is 10.0. The largest absolute Gasteiger partial charge is 0.508 e. The van der Waals surface area contributed by atoms with Crippen LogP contribution in [0, 0.1) is 19.7 Å². The van der Waals surface area contributed by atoms with Gasteiger partial charge < -0.3 is 25.0 Å². The molecule has 3 rings (SSSR count). The smallest absolute Gasteiger partial charge is 0.397 e. The van der Waals surface area contributed by atoms with Crippen molar-refractivity contribution in [3.8, 4) is 17.2 Å². The number of aromatic hydroxyl groups is 1. The summed E-state index contributed by atoms with van der Waals surface area (Å²) < 4.78 is 23.9. The van der Waals surface area contributed by atoms with E-state index >= 15 is 0 Å². The molecule has 0 spiro atoms. The molecule has 7 nitrogen and oxygen atoms in total. The van der Waals surface area contributed by atoms with E-state index in [9.17, 15) is 24.2 Å². The first-order chi connectivity index (χ1) is 15.7. The van der Waals surface area contributed by atoms with E-state index in [2.05, 4.69) is 10.1 Å². The third kappa shape index (κ3) is 5.67. The number of anilines is 1. The topological polar surface area (TPSA) is 105 Å². The second-order valence-corrected chi connectivity index (χ2v) is 7.39. The number of amides is 1. The van der Waals surface area contributed by atoms with Crippen LogP contribution in [0.15, 0.2) is 54.6 Å². The Morgan fingerprint density at radius 3 is 2.27 bits per heavy atom. The number of halogens is 1. The fourth-order valence-electron chi connectivity index (χ4n) is 3.32. The van der Waals surface area contributed by atoms with Gasteiger partial charge in [0.25, 0.3) is 0 Å². The Morgan fingerprint density at radius 1 is 1.03 bits per heavy atom. The van der Waals surface area contributed by atoms with Crippen molar-refractivity contribution in [2.24, 2.45) is 0 Å². The summed E-state index contributed by atoms with van der Waals surface area (Å²) in [6.45, 7) is 5.26. The van der Waals surface area contributed by atoms with Crippen LogP contribution in [-0.4, -0.2) is 28.7 Å². The zero-order valence-electron chi connectivity index (χ0n) is 18.4. The molecule has 0 aliphatic heterocycles. The van der Waals surface area contributed by atoms with Gasteiger partial charge in [-0.2, -0.15) is 0 Å². The zero-order chi connectivity index (χ0) is 24.1. The van der Waals surface area contributed by atoms with Crippen LogP contribution in [-0.2, 0) is 14.3 Å². The highest BCUT2D eigenvalue weighted by atomic mass is 19.1. The first kappa shape index (κ1) is 23.7. The lowest BCUT2D eigenvalue weighted by Crippen LogP contribution is -2.25. The van der Waals surface area contributed by atoms with Gasteiger partial charge in [0.1, 0.15) is 29.2 Å². The van der Waals surface area contributed by atoms with Crippen LogP contribution in [0.2, 0.25) is 0 Å². The van der Waals surface area contributed by atoms with E-state index in [0.29, 0.717) is 33.9 Å². The third-order valence-corrected chi connectivity index (χ3v) is 4.88. The van der Waals surface area contributed by atoms with E-state index in [1.165, 1.54) is 36.4 Å². The van der Waals surface area contributed by atoms with E-state index in [4.69, 9.17) is 4.74 Å². The molecule has 0 aliphatic rings. The lowest BCUT2D eigenvalue weighted by molar-refractivity contribution is -0.152. The molecule has 3 N–H and O–H groups in total. The number of aliphatic hydroxyl groups is 1. The lowest BCUT2D eigenvalue weighted by Gasteiger charge is -2.17. The number of rotatable bonds is 6. The van der Waals surface area contributed by atoms with Gasteiger partial charge in [0.15, 0.2) is 0 Å². The number of benzene rings is 3. The van der Waals surface area contributed by atoms with E-state index in [0.717, 1.165) is 0 Å². The number of nitrogens with one attached hydrogen (secondary N) is 1. The van der Waals surface area contributed by atoms with Gasteiger partial charge in [0.2, 0.25) is 0 Å². The van der Waals surface area contributed by atoms with Crippen LogP contribution in [0.3, 0.4) is 0 Å². The molecule has 0 bridgehead atoms. The number of ether oxygens (including phenoxy) is 2. The minimum Gasteiger partial charge on any atom is -0.508 e. The van der Waals surface area contributed by atoms with Gasteiger partial charge in [0.05, 0.1) is 6.61 Å². The third-order valence-electron chi connectivity index (χ3n) is 4.88. The molecule has 0 saturated carbocycles. The maximum absolute atomic E-state index is 13.2. The molecule has 172 valence electrons. The fraction of sp³-hybridized carbons (Fsp3) is 0.200. The molecule has 0 unspecified atom stereocenters. The van der Waals surface area contributed by atoms with Gasteiger partial charge in [-0.1, -0.05) is 12.1 Å². The zero-order valence-corrected chi connectivity index (χ0v) is 18.4. The van der Waals surface area contributed by atoms with Gasteiger partial charge in [-0.25, -0.2) is 9.18 Å². The number of phenols is 1. The van der Waals surface area contributed by atoms with E-state index < -0.39 is 23.8 Å². The van der Waals surface area contributed by atoms with Crippen LogP contribution in [0.4, 0.5) is 10.1 Å².